The molecule has 0 aliphatic heterocycles. The summed E-state index contributed by atoms with van der Waals surface area (Å²) in [5.74, 6) is 2.53. The fraction of sp³-hybridized carbons (Fsp3) is 0.935. The molecule has 1 N–H and O–H groups in total. The molecule has 3 heteroatoms. The minimum absolute atomic E-state index is 0.0772. The Morgan fingerprint density at radius 2 is 1.50 bits per heavy atom. The highest BCUT2D eigenvalue weighted by Gasteiger charge is 2.71. The van der Waals surface area contributed by atoms with Crippen molar-refractivity contribution in [3.63, 3.8) is 0 Å². The largest absolute Gasteiger partial charge is 0.359 e. The van der Waals surface area contributed by atoms with E-state index in [1.807, 2.05) is 0 Å². The number of carbonyl (C=O) groups excluding carboxylic acids is 2. The molecule has 0 radical (unpaired) electrons. The fourth-order valence-corrected chi connectivity index (χ4v) is 11.5. The maximum Gasteiger partial charge on any atom is 0.225 e. The molecule has 34 heavy (non-hydrogen) atoms. The number of carbonyl (C=O) groups is 2. The Kier molecular flexibility index (Phi) is 5.36. The maximum absolute atomic E-state index is 14.4. The van der Waals surface area contributed by atoms with E-state index in [0.717, 1.165) is 25.7 Å². The predicted octanol–water partition coefficient (Wildman–Crippen LogP) is 7.18. The van der Waals surface area contributed by atoms with Gasteiger partial charge in [0.15, 0.2) is 0 Å². The van der Waals surface area contributed by atoms with Crippen LogP contribution in [-0.4, -0.2) is 18.7 Å². The van der Waals surface area contributed by atoms with E-state index in [1.165, 1.54) is 44.9 Å². The molecule has 5 aliphatic rings. The zero-order chi connectivity index (χ0) is 24.9. The third-order valence-corrected chi connectivity index (χ3v) is 13.7. The van der Waals surface area contributed by atoms with Crippen molar-refractivity contribution >= 4 is 11.7 Å². The summed E-state index contributed by atoms with van der Waals surface area (Å²) in [6.07, 6.45) is 12.6. The summed E-state index contributed by atoms with van der Waals surface area (Å²) in [4.78, 5) is 27.3. The van der Waals surface area contributed by atoms with E-state index in [9.17, 15) is 9.59 Å². The van der Waals surface area contributed by atoms with Crippen molar-refractivity contribution in [2.24, 2.45) is 56.2 Å². The quantitative estimate of drug-likeness (QED) is 0.442. The van der Waals surface area contributed by atoms with Gasteiger partial charge in [0.1, 0.15) is 5.78 Å². The molecule has 192 valence electrons. The number of nitrogens with one attached hydrogen (secondary N) is 1. The van der Waals surface area contributed by atoms with Gasteiger partial charge in [-0.05, 0) is 103 Å². The molecule has 0 heterocycles. The summed E-state index contributed by atoms with van der Waals surface area (Å²) in [6.45, 7) is 17.3. The van der Waals surface area contributed by atoms with E-state index in [4.69, 9.17) is 0 Å². The lowest BCUT2D eigenvalue weighted by molar-refractivity contribution is -0.233. The van der Waals surface area contributed by atoms with E-state index in [-0.39, 0.29) is 38.9 Å². The lowest BCUT2D eigenvalue weighted by Gasteiger charge is -2.72. The average molecular weight is 470 g/mol. The second kappa shape index (κ2) is 7.34. The summed E-state index contributed by atoms with van der Waals surface area (Å²) < 4.78 is 0. The number of ketones is 1. The van der Waals surface area contributed by atoms with Crippen LogP contribution in [0.5, 0.6) is 0 Å². The van der Waals surface area contributed by atoms with Gasteiger partial charge < -0.3 is 5.32 Å². The van der Waals surface area contributed by atoms with Gasteiger partial charge in [-0.15, -0.1) is 0 Å². The lowest BCUT2D eigenvalue weighted by Crippen LogP contribution is -2.68. The average Bonchev–Trinajstić information content (AvgIpc) is 2.75. The Labute approximate surface area is 209 Å². The smallest absolute Gasteiger partial charge is 0.225 e. The van der Waals surface area contributed by atoms with Crippen LogP contribution in [0.4, 0.5) is 0 Å². The van der Waals surface area contributed by atoms with Crippen molar-refractivity contribution in [1.82, 2.24) is 5.32 Å². The van der Waals surface area contributed by atoms with E-state index in [1.54, 1.807) is 7.05 Å². The Hall–Kier alpha value is -0.860. The highest BCUT2D eigenvalue weighted by Crippen LogP contribution is 2.76. The zero-order valence-electron chi connectivity index (χ0n) is 23.4. The van der Waals surface area contributed by atoms with Crippen LogP contribution < -0.4 is 5.32 Å². The first-order chi connectivity index (χ1) is 15.7. The first kappa shape index (κ1) is 24.8. The van der Waals surface area contributed by atoms with Crippen LogP contribution in [0, 0.1) is 56.2 Å². The molecule has 9 atom stereocenters. The molecular formula is C31H51NO2. The number of Topliss-reactive ketones (excluding diaryl/α,β-unsaturated/α-hetero) is 1. The third-order valence-electron chi connectivity index (χ3n) is 13.7. The Morgan fingerprint density at radius 1 is 0.824 bits per heavy atom. The molecule has 1 amide bonds. The number of fused-ring (bicyclic) bond motifs is 7. The fourth-order valence-electron chi connectivity index (χ4n) is 11.5. The van der Waals surface area contributed by atoms with Gasteiger partial charge in [0, 0.05) is 24.8 Å². The first-order valence-electron chi connectivity index (χ1n) is 14.4. The number of hydrogen-bond donors (Lipinski definition) is 1. The van der Waals surface area contributed by atoms with Gasteiger partial charge in [-0.25, -0.2) is 0 Å². The Balaban J connectivity index is 1.56. The van der Waals surface area contributed by atoms with Crippen molar-refractivity contribution in [3.05, 3.63) is 0 Å². The van der Waals surface area contributed by atoms with Crippen molar-refractivity contribution in [2.45, 2.75) is 119 Å². The standard InChI is InChI=1S/C31H51NO2/c1-26(2)11-9-12-29(5)23(26)10-13-31(7)24(29)22(33)18-20-21-19-28(4,25(34)32-8)15-14-27(21,3)16-17-30(20,31)6/h20-21,23-24H,9-19H2,1-8H3,(H,32,34)/t20-,21-,23?,24-,27-,28?,29+,30-,31-/m1/s1. The van der Waals surface area contributed by atoms with Crippen LogP contribution in [0.3, 0.4) is 0 Å². The molecule has 2 unspecified atom stereocenters. The molecule has 0 spiro atoms. The minimum Gasteiger partial charge on any atom is -0.359 e. The molecule has 5 saturated carbocycles. The number of hydrogen-bond acceptors (Lipinski definition) is 2. The second-order valence-corrected chi connectivity index (χ2v) is 15.6. The highest BCUT2D eigenvalue weighted by atomic mass is 16.2. The monoisotopic (exact) mass is 469 g/mol. The topological polar surface area (TPSA) is 46.2 Å². The molecule has 0 bridgehead atoms. The van der Waals surface area contributed by atoms with Crippen LogP contribution in [0.1, 0.15) is 119 Å². The number of amides is 1. The molecule has 3 nitrogen and oxygen atoms in total. The molecule has 0 aromatic heterocycles. The van der Waals surface area contributed by atoms with Gasteiger partial charge in [0.25, 0.3) is 0 Å². The van der Waals surface area contributed by atoms with Crippen molar-refractivity contribution in [1.29, 1.82) is 0 Å². The van der Waals surface area contributed by atoms with E-state index in [2.05, 4.69) is 53.8 Å². The van der Waals surface area contributed by atoms with Crippen LogP contribution in [-0.2, 0) is 9.59 Å². The van der Waals surface area contributed by atoms with Crippen molar-refractivity contribution < 1.29 is 9.59 Å². The third kappa shape index (κ3) is 3.00. The molecule has 5 aliphatic carbocycles. The van der Waals surface area contributed by atoms with E-state index < -0.39 is 0 Å². The molecule has 0 aromatic carbocycles. The first-order valence-corrected chi connectivity index (χ1v) is 14.4. The zero-order valence-corrected chi connectivity index (χ0v) is 23.4. The molecule has 0 aromatic rings. The lowest BCUT2D eigenvalue weighted by atomic mass is 9.31. The van der Waals surface area contributed by atoms with Gasteiger partial charge in [-0.2, -0.15) is 0 Å². The summed E-state index contributed by atoms with van der Waals surface area (Å²) >= 11 is 0. The SMILES string of the molecule is CNC(=O)C1(C)CC[C@]2(C)CC[C@]3(C)[C@H](CC(=O)[C@@H]4[C@@]5(C)CCCC(C)(C)C5CC[C@]43C)[C@H]2C1. The van der Waals surface area contributed by atoms with Crippen LogP contribution in [0.2, 0.25) is 0 Å². The summed E-state index contributed by atoms with van der Waals surface area (Å²) in [7, 11) is 1.78. The van der Waals surface area contributed by atoms with Gasteiger partial charge >= 0.3 is 0 Å². The predicted molar refractivity (Wildman–Crippen MR) is 138 cm³/mol. The van der Waals surface area contributed by atoms with Gasteiger partial charge in [-0.3, -0.25) is 9.59 Å². The van der Waals surface area contributed by atoms with Crippen molar-refractivity contribution in [3.8, 4) is 0 Å². The maximum atomic E-state index is 14.4. The van der Waals surface area contributed by atoms with Gasteiger partial charge in [0.2, 0.25) is 5.91 Å². The normalized spacial score (nSPS) is 54.2. The van der Waals surface area contributed by atoms with Crippen molar-refractivity contribution in [2.75, 3.05) is 7.05 Å². The summed E-state index contributed by atoms with van der Waals surface area (Å²) in [5.41, 5.74) is 0.726. The van der Waals surface area contributed by atoms with Gasteiger partial charge in [0.05, 0.1) is 0 Å². The Morgan fingerprint density at radius 3 is 2.18 bits per heavy atom. The summed E-state index contributed by atoms with van der Waals surface area (Å²) in [6, 6.07) is 0. The Bertz CT molecular complexity index is 894. The van der Waals surface area contributed by atoms with Crippen LogP contribution >= 0.6 is 0 Å². The van der Waals surface area contributed by atoms with E-state index in [0.29, 0.717) is 29.0 Å². The number of rotatable bonds is 1. The van der Waals surface area contributed by atoms with E-state index >= 15 is 0 Å². The second-order valence-electron chi connectivity index (χ2n) is 15.6. The van der Waals surface area contributed by atoms with Crippen LogP contribution in [0.25, 0.3) is 0 Å². The molecule has 5 fully saturated rings. The molecular weight excluding hydrogens is 418 g/mol. The minimum atomic E-state index is -0.297. The molecule has 0 saturated heterocycles. The summed E-state index contributed by atoms with van der Waals surface area (Å²) in [5, 5.41) is 2.96. The highest BCUT2D eigenvalue weighted by molar-refractivity contribution is 5.85. The molecule has 5 rings (SSSR count). The van der Waals surface area contributed by atoms with Crippen LogP contribution in [0.15, 0.2) is 0 Å². The van der Waals surface area contributed by atoms with Gasteiger partial charge in [-0.1, -0.05) is 54.9 Å².